The number of fused-ring (bicyclic) bond motifs is 1. The van der Waals surface area contributed by atoms with Crippen LogP contribution in [0.25, 0.3) is 11.0 Å². The van der Waals surface area contributed by atoms with Gasteiger partial charge in [0, 0.05) is 13.0 Å². The van der Waals surface area contributed by atoms with E-state index < -0.39 is 6.36 Å². The SMILES string of the molecule is NC(=NCc1ccc(OC(F)(F)F)cc1)NCCCc1nc2ccccc2[nH]1. The zero-order valence-electron chi connectivity index (χ0n) is 15.0. The first-order chi connectivity index (χ1) is 13.4. The van der Waals surface area contributed by atoms with E-state index in [4.69, 9.17) is 5.73 Å². The summed E-state index contributed by atoms with van der Waals surface area (Å²) in [6.07, 6.45) is -3.11. The molecule has 0 saturated carbocycles. The molecule has 0 radical (unpaired) electrons. The molecule has 2 aromatic carbocycles. The van der Waals surface area contributed by atoms with Crippen molar-refractivity contribution < 1.29 is 17.9 Å². The normalized spacial score (nSPS) is 12.3. The molecule has 0 amide bonds. The van der Waals surface area contributed by atoms with E-state index in [0.717, 1.165) is 35.3 Å². The molecule has 148 valence electrons. The molecule has 0 aliphatic rings. The van der Waals surface area contributed by atoms with Crippen molar-refractivity contribution in [1.29, 1.82) is 0 Å². The molecule has 9 heteroatoms. The highest BCUT2D eigenvalue weighted by Gasteiger charge is 2.30. The van der Waals surface area contributed by atoms with Crippen LogP contribution in [0.4, 0.5) is 13.2 Å². The zero-order valence-corrected chi connectivity index (χ0v) is 15.0. The number of imidazole rings is 1. The maximum atomic E-state index is 12.1. The van der Waals surface area contributed by atoms with Gasteiger partial charge < -0.3 is 20.8 Å². The molecule has 0 aliphatic heterocycles. The predicted molar refractivity (Wildman–Crippen MR) is 101 cm³/mol. The highest BCUT2D eigenvalue weighted by Crippen LogP contribution is 2.22. The van der Waals surface area contributed by atoms with Gasteiger partial charge in [-0.05, 0) is 36.2 Å². The Hall–Kier alpha value is -3.23. The number of aromatic nitrogens is 2. The summed E-state index contributed by atoms with van der Waals surface area (Å²) in [4.78, 5) is 12.0. The fourth-order valence-electron chi connectivity index (χ4n) is 2.63. The van der Waals surface area contributed by atoms with Gasteiger partial charge >= 0.3 is 6.36 Å². The first-order valence-corrected chi connectivity index (χ1v) is 8.71. The number of nitrogens with zero attached hydrogens (tertiary/aromatic N) is 2. The lowest BCUT2D eigenvalue weighted by Crippen LogP contribution is -2.32. The number of para-hydroxylation sites is 2. The lowest BCUT2D eigenvalue weighted by molar-refractivity contribution is -0.274. The molecule has 0 saturated heterocycles. The summed E-state index contributed by atoms with van der Waals surface area (Å²) >= 11 is 0. The molecule has 3 aromatic rings. The average Bonchev–Trinajstić information content (AvgIpc) is 3.06. The number of nitrogens with one attached hydrogen (secondary N) is 2. The number of rotatable bonds is 7. The van der Waals surface area contributed by atoms with Gasteiger partial charge in [0.25, 0.3) is 0 Å². The van der Waals surface area contributed by atoms with Crippen molar-refractivity contribution in [1.82, 2.24) is 15.3 Å². The Morgan fingerprint density at radius 3 is 2.61 bits per heavy atom. The van der Waals surface area contributed by atoms with Gasteiger partial charge in [-0.3, -0.25) is 0 Å². The Bertz CT molecular complexity index is 902. The number of alkyl halides is 3. The van der Waals surface area contributed by atoms with Crippen molar-refractivity contribution in [2.75, 3.05) is 6.54 Å². The third-order valence-corrected chi connectivity index (χ3v) is 3.92. The third kappa shape index (κ3) is 5.90. The van der Waals surface area contributed by atoms with Gasteiger partial charge in [0.05, 0.1) is 17.6 Å². The molecule has 4 N–H and O–H groups in total. The van der Waals surface area contributed by atoms with Gasteiger partial charge in [0.1, 0.15) is 11.6 Å². The second kappa shape index (κ2) is 8.64. The molecule has 28 heavy (non-hydrogen) atoms. The molecular weight excluding hydrogens is 371 g/mol. The topological polar surface area (TPSA) is 88.3 Å². The van der Waals surface area contributed by atoms with E-state index in [-0.39, 0.29) is 18.3 Å². The number of aromatic amines is 1. The van der Waals surface area contributed by atoms with Gasteiger partial charge in [-0.2, -0.15) is 0 Å². The Morgan fingerprint density at radius 2 is 1.89 bits per heavy atom. The minimum Gasteiger partial charge on any atom is -0.406 e. The van der Waals surface area contributed by atoms with E-state index in [1.807, 2.05) is 24.3 Å². The van der Waals surface area contributed by atoms with Crippen molar-refractivity contribution in [2.45, 2.75) is 25.7 Å². The van der Waals surface area contributed by atoms with E-state index in [9.17, 15) is 13.2 Å². The Balaban J connectivity index is 1.40. The maximum absolute atomic E-state index is 12.1. The largest absolute Gasteiger partial charge is 0.573 e. The highest BCUT2D eigenvalue weighted by atomic mass is 19.4. The van der Waals surface area contributed by atoms with Gasteiger partial charge in [0.2, 0.25) is 0 Å². The molecule has 6 nitrogen and oxygen atoms in total. The van der Waals surface area contributed by atoms with E-state index >= 15 is 0 Å². The number of benzene rings is 2. The van der Waals surface area contributed by atoms with E-state index in [0.29, 0.717) is 6.54 Å². The molecule has 1 aromatic heterocycles. The molecule has 0 unspecified atom stereocenters. The number of guanidine groups is 1. The van der Waals surface area contributed by atoms with Crippen LogP contribution >= 0.6 is 0 Å². The fourth-order valence-corrected chi connectivity index (χ4v) is 2.63. The summed E-state index contributed by atoms with van der Waals surface area (Å²) in [7, 11) is 0. The fraction of sp³-hybridized carbons (Fsp3) is 0.263. The smallest absolute Gasteiger partial charge is 0.406 e. The monoisotopic (exact) mass is 391 g/mol. The van der Waals surface area contributed by atoms with Crippen LogP contribution in [0.15, 0.2) is 53.5 Å². The molecule has 0 atom stereocenters. The van der Waals surface area contributed by atoms with Crippen molar-refractivity contribution in [2.24, 2.45) is 10.7 Å². The van der Waals surface area contributed by atoms with E-state index in [1.54, 1.807) is 0 Å². The van der Waals surface area contributed by atoms with Gasteiger partial charge in [0.15, 0.2) is 5.96 Å². The van der Waals surface area contributed by atoms with Crippen molar-refractivity contribution in [3.8, 4) is 5.75 Å². The van der Waals surface area contributed by atoms with Gasteiger partial charge in [-0.1, -0.05) is 24.3 Å². The molecule has 3 rings (SSSR count). The number of hydrogen-bond donors (Lipinski definition) is 3. The summed E-state index contributed by atoms with van der Waals surface area (Å²) in [6.45, 7) is 0.888. The molecule has 0 bridgehead atoms. The van der Waals surface area contributed by atoms with Crippen LogP contribution in [0.5, 0.6) is 5.75 Å². The number of aryl methyl sites for hydroxylation is 1. The minimum atomic E-state index is -4.70. The lowest BCUT2D eigenvalue weighted by atomic mass is 10.2. The molecule has 0 spiro atoms. The van der Waals surface area contributed by atoms with E-state index in [2.05, 4.69) is 25.0 Å². The first-order valence-electron chi connectivity index (χ1n) is 8.71. The van der Waals surface area contributed by atoms with Crippen LogP contribution < -0.4 is 15.8 Å². The lowest BCUT2D eigenvalue weighted by Gasteiger charge is -2.09. The van der Waals surface area contributed by atoms with Crippen molar-refractivity contribution in [3.05, 3.63) is 59.9 Å². The van der Waals surface area contributed by atoms with E-state index in [1.165, 1.54) is 24.3 Å². The molecule has 0 fully saturated rings. The predicted octanol–water partition coefficient (Wildman–Crippen LogP) is 3.50. The van der Waals surface area contributed by atoms with Crippen LogP contribution in [0, 0.1) is 0 Å². The Kier molecular flexibility index (Phi) is 6.03. The van der Waals surface area contributed by atoms with Crippen LogP contribution in [0.3, 0.4) is 0 Å². The number of H-pyrrole nitrogens is 1. The Morgan fingerprint density at radius 1 is 1.14 bits per heavy atom. The van der Waals surface area contributed by atoms with Gasteiger partial charge in [-0.25, -0.2) is 9.98 Å². The summed E-state index contributed by atoms with van der Waals surface area (Å²) in [5, 5.41) is 3.01. The maximum Gasteiger partial charge on any atom is 0.573 e. The minimum absolute atomic E-state index is 0.259. The third-order valence-electron chi connectivity index (χ3n) is 3.92. The average molecular weight is 391 g/mol. The van der Waals surface area contributed by atoms with Crippen LogP contribution in [0.2, 0.25) is 0 Å². The molecule has 0 aliphatic carbocycles. The summed E-state index contributed by atoms with van der Waals surface area (Å²) in [5.74, 6) is 0.928. The molecule has 1 heterocycles. The second-order valence-corrected chi connectivity index (χ2v) is 6.12. The number of aliphatic imine (C=N–C) groups is 1. The van der Waals surface area contributed by atoms with Gasteiger partial charge in [-0.15, -0.1) is 13.2 Å². The van der Waals surface area contributed by atoms with Crippen LogP contribution in [0.1, 0.15) is 17.8 Å². The summed E-state index contributed by atoms with van der Waals surface area (Å²) in [5.41, 5.74) is 8.50. The van der Waals surface area contributed by atoms with Crippen LogP contribution in [-0.4, -0.2) is 28.8 Å². The number of nitrogens with two attached hydrogens (primary N) is 1. The zero-order chi connectivity index (χ0) is 20.0. The molecular formula is C19H20F3N5O. The number of hydrogen-bond acceptors (Lipinski definition) is 3. The highest BCUT2D eigenvalue weighted by molar-refractivity contribution is 5.77. The second-order valence-electron chi connectivity index (χ2n) is 6.12. The summed E-state index contributed by atoms with van der Waals surface area (Å²) in [6, 6.07) is 13.4. The van der Waals surface area contributed by atoms with Crippen molar-refractivity contribution >= 4 is 17.0 Å². The Labute approximate surface area is 159 Å². The summed E-state index contributed by atoms with van der Waals surface area (Å²) < 4.78 is 40.2. The number of halogens is 3. The standard InChI is InChI=1S/C19H20F3N5O/c20-19(21,22)28-14-9-7-13(8-10-14)12-25-18(23)24-11-3-6-17-26-15-4-1-2-5-16(15)27-17/h1-2,4-5,7-10H,3,6,11-12H2,(H,26,27)(H3,23,24,25). The van der Waals surface area contributed by atoms with Crippen molar-refractivity contribution in [3.63, 3.8) is 0 Å². The first kappa shape index (κ1) is 19.5. The quantitative estimate of drug-likeness (QED) is 0.327. The van der Waals surface area contributed by atoms with Crippen LogP contribution in [-0.2, 0) is 13.0 Å². The number of ether oxygens (including phenoxy) is 1.